The highest BCUT2D eigenvalue weighted by atomic mass is 32.2. The molecule has 2 aromatic carbocycles. The third-order valence-electron chi connectivity index (χ3n) is 4.98. The Bertz CT molecular complexity index is 896. The Balaban J connectivity index is 1.88. The Hall–Kier alpha value is -2.34. The number of nitrogens with zero attached hydrogens (tertiary/aromatic N) is 1. The molecule has 1 aliphatic rings. The molecule has 0 aliphatic carbocycles. The third-order valence-corrected chi connectivity index (χ3v) is 6.73. The fourth-order valence-corrected chi connectivity index (χ4v) is 5.15. The Morgan fingerprint density at radius 1 is 1.11 bits per heavy atom. The van der Waals surface area contributed by atoms with E-state index in [1.165, 1.54) is 0 Å². The van der Waals surface area contributed by atoms with Crippen LogP contribution in [0.3, 0.4) is 0 Å². The zero-order valence-corrected chi connectivity index (χ0v) is 17.0. The average Bonchev–Trinajstić information content (AvgIpc) is 3.06. The van der Waals surface area contributed by atoms with Crippen LogP contribution in [0.2, 0.25) is 0 Å². The van der Waals surface area contributed by atoms with Gasteiger partial charge in [0, 0.05) is 12.6 Å². The van der Waals surface area contributed by atoms with Crippen LogP contribution in [0.5, 0.6) is 5.75 Å². The first-order valence-corrected chi connectivity index (χ1v) is 11.6. The van der Waals surface area contributed by atoms with Gasteiger partial charge in [0.1, 0.15) is 5.75 Å². The van der Waals surface area contributed by atoms with Crippen LogP contribution in [0.1, 0.15) is 42.1 Å². The summed E-state index contributed by atoms with van der Waals surface area (Å²) in [6.07, 6.45) is 2.40. The second-order valence-corrected chi connectivity index (χ2v) is 9.40. The van der Waals surface area contributed by atoms with Crippen molar-refractivity contribution >= 4 is 15.7 Å². The summed E-state index contributed by atoms with van der Waals surface area (Å²) in [5.74, 6) is 0.521. The first-order chi connectivity index (χ1) is 13.5. The predicted molar refractivity (Wildman–Crippen MR) is 110 cm³/mol. The summed E-state index contributed by atoms with van der Waals surface area (Å²) in [7, 11) is -3.10. The number of sulfone groups is 1. The van der Waals surface area contributed by atoms with Crippen molar-refractivity contribution in [1.82, 2.24) is 4.90 Å². The fraction of sp³-hybridized carbons (Fsp3) is 0.409. The molecule has 3 rings (SSSR count). The number of hydrogen-bond donors (Lipinski definition) is 0. The average molecular weight is 402 g/mol. The molecule has 1 fully saturated rings. The molecule has 5 nitrogen and oxygen atoms in total. The first-order valence-electron chi connectivity index (χ1n) is 9.77. The van der Waals surface area contributed by atoms with Crippen LogP contribution in [0, 0.1) is 0 Å². The predicted octanol–water partition coefficient (Wildman–Crippen LogP) is 3.70. The number of amides is 1. The summed E-state index contributed by atoms with van der Waals surface area (Å²) in [5.41, 5.74) is 1.46. The van der Waals surface area contributed by atoms with Crippen LogP contribution >= 0.6 is 0 Å². The Morgan fingerprint density at radius 2 is 1.82 bits per heavy atom. The smallest absolute Gasteiger partial charge is 0.258 e. The van der Waals surface area contributed by atoms with E-state index in [-0.39, 0.29) is 23.5 Å². The van der Waals surface area contributed by atoms with Gasteiger partial charge in [-0.3, -0.25) is 4.79 Å². The molecule has 28 heavy (non-hydrogen) atoms. The minimum absolute atomic E-state index is 0.0183. The number of carbonyl (C=O) groups excluding carboxylic acids is 1. The standard InChI is InChI=1S/C22H27NO4S/c1-2-3-14-27-21-12-8-7-11-20(21)22(24)23(16-18-9-5-4-6-10-18)19-13-15-28(25,26)17-19/h4-12,19H,2-3,13-17H2,1H3. The fourth-order valence-electron chi connectivity index (χ4n) is 3.42. The molecule has 1 aliphatic heterocycles. The molecule has 0 saturated carbocycles. The second kappa shape index (κ2) is 9.24. The number of carbonyl (C=O) groups is 1. The van der Waals surface area contributed by atoms with Crippen molar-refractivity contribution in [3.63, 3.8) is 0 Å². The van der Waals surface area contributed by atoms with E-state index in [1.807, 2.05) is 42.5 Å². The maximum atomic E-state index is 13.5. The Labute approximate surface area is 167 Å². The molecule has 1 unspecified atom stereocenters. The molecule has 1 atom stereocenters. The number of para-hydroxylation sites is 1. The molecule has 0 N–H and O–H groups in total. The van der Waals surface area contributed by atoms with Gasteiger partial charge in [0.2, 0.25) is 0 Å². The van der Waals surface area contributed by atoms with Crippen molar-refractivity contribution in [2.45, 2.75) is 38.8 Å². The number of hydrogen-bond acceptors (Lipinski definition) is 4. The van der Waals surface area contributed by atoms with E-state index in [4.69, 9.17) is 4.74 Å². The molecule has 6 heteroatoms. The van der Waals surface area contributed by atoms with Crippen LogP contribution < -0.4 is 4.74 Å². The van der Waals surface area contributed by atoms with Gasteiger partial charge in [-0.25, -0.2) is 8.42 Å². The third kappa shape index (κ3) is 5.13. The highest BCUT2D eigenvalue weighted by Crippen LogP contribution is 2.26. The molecule has 0 radical (unpaired) electrons. The molecule has 1 saturated heterocycles. The van der Waals surface area contributed by atoms with E-state index in [9.17, 15) is 13.2 Å². The lowest BCUT2D eigenvalue weighted by Gasteiger charge is -2.29. The second-order valence-electron chi connectivity index (χ2n) is 7.17. The maximum absolute atomic E-state index is 13.5. The highest BCUT2D eigenvalue weighted by molar-refractivity contribution is 7.91. The quantitative estimate of drug-likeness (QED) is 0.633. The summed E-state index contributed by atoms with van der Waals surface area (Å²) < 4.78 is 29.9. The van der Waals surface area contributed by atoms with Crippen LogP contribution in [0.4, 0.5) is 0 Å². The van der Waals surface area contributed by atoms with Gasteiger partial charge in [-0.1, -0.05) is 55.8 Å². The summed E-state index contributed by atoms with van der Waals surface area (Å²) in [4.78, 5) is 15.1. The summed E-state index contributed by atoms with van der Waals surface area (Å²) in [5, 5.41) is 0. The van der Waals surface area contributed by atoms with E-state index in [0.717, 1.165) is 18.4 Å². The highest BCUT2D eigenvalue weighted by Gasteiger charge is 2.35. The van der Waals surface area contributed by atoms with Crippen molar-refractivity contribution in [3.8, 4) is 5.75 Å². The minimum atomic E-state index is -3.10. The molecule has 0 aromatic heterocycles. The van der Waals surface area contributed by atoms with Crippen molar-refractivity contribution in [2.24, 2.45) is 0 Å². The van der Waals surface area contributed by atoms with E-state index >= 15 is 0 Å². The van der Waals surface area contributed by atoms with Gasteiger partial charge < -0.3 is 9.64 Å². The van der Waals surface area contributed by atoms with Crippen LogP contribution in [0.15, 0.2) is 54.6 Å². The molecular weight excluding hydrogens is 374 g/mol. The molecule has 0 spiro atoms. The minimum Gasteiger partial charge on any atom is -0.493 e. The van der Waals surface area contributed by atoms with E-state index < -0.39 is 9.84 Å². The van der Waals surface area contributed by atoms with Gasteiger partial charge in [-0.05, 0) is 30.5 Å². The zero-order chi connectivity index (χ0) is 20.0. The SMILES string of the molecule is CCCCOc1ccccc1C(=O)N(Cc1ccccc1)C1CCS(=O)(=O)C1. The molecule has 1 heterocycles. The molecule has 1 amide bonds. The van der Waals surface area contributed by atoms with Gasteiger partial charge >= 0.3 is 0 Å². The van der Waals surface area contributed by atoms with Crippen molar-refractivity contribution in [3.05, 3.63) is 65.7 Å². The maximum Gasteiger partial charge on any atom is 0.258 e. The number of rotatable bonds is 8. The first kappa shape index (κ1) is 20.4. The van der Waals surface area contributed by atoms with Gasteiger partial charge in [-0.15, -0.1) is 0 Å². The lowest BCUT2D eigenvalue weighted by atomic mass is 10.1. The van der Waals surface area contributed by atoms with Gasteiger partial charge in [0.25, 0.3) is 5.91 Å². The molecule has 0 bridgehead atoms. The topological polar surface area (TPSA) is 63.7 Å². The molecule has 2 aromatic rings. The number of benzene rings is 2. The molecule has 150 valence electrons. The van der Waals surface area contributed by atoms with E-state index in [2.05, 4.69) is 6.92 Å². The number of unbranched alkanes of at least 4 members (excludes halogenated alkanes) is 1. The zero-order valence-electron chi connectivity index (χ0n) is 16.2. The monoisotopic (exact) mass is 401 g/mol. The molecular formula is C22H27NO4S. The van der Waals surface area contributed by atoms with Crippen LogP contribution in [0.25, 0.3) is 0 Å². The summed E-state index contributed by atoms with van der Waals surface area (Å²) in [6.45, 7) is 3.02. The lowest BCUT2D eigenvalue weighted by Crippen LogP contribution is -2.40. The number of ether oxygens (including phenoxy) is 1. The van der Waals surface area contributed by atoms with E-state index in [0.29, 0.717) is 30.9 Å². The largest absolute Gasteiger partial charge is 0.493 e. The van der Waals surface area contributed by atoms with Gasteiger partial charge in [0.05, 0.1) is 23.7 Å². The normalized spacial score (nSPS) is 18.0. The van der Waals surface area contributed by atoms with Gasteiger partial charge in [-0.2, -0.15) is 0 Å². The van der Waals surface area contributed by atoms with Crippen molar-refractivity contribution in [2.75, 3.05) is 18.1 Å². The Morgan fingerprint density at radius 3 is 2.50 bits per heavy atom. The Kier molecular flexibility index (Phi) is 6.73. The van der Waals surface area contributed by atoms with Crippen LogP contribution in [-0.2, 0) is 16.4 Å². The summed E-state index contributed by atoms with van der Waals surface area (Å²) in [6, 6.07) is 16.6. The van der Waals surface area contributed by atoms with Gasteiger partial charge in [0.15, 0.2) is 9.84 Å². The van der Waals surface area contributed by atoms with Crippen LogP contribution in [-0.4, -0.2) is 43.4 Å². The summed E-state index contributed by atoms with van der Waals surface area (Å²) >= 11 is 0. The van der Waals surface area contributed by atoms with Crippen molar-refractivity contribution < 1.29 is 17.9 Å². The van der Waals surface area contributed by atoms with Crippen molar-refractivity contribution in [1.29, 1.82) is 0 Å². The van der Waals surface area contributed by atoms with E-state index in [1.54, 1.807) is 17.0 Å². The lowest BCUT2D eigenvalue weighted by molar-refractivity contribution is 0.0676.